The van der Waals surface area contributed by atoms with Crippen LogP contribution in [-0.2, 0) is 22.3 Å². The average Bonchev–Trinajstić information content (AvgIpc) is 3.27. The summed E-state index contributed by atoms with van der Waals surface area (Å²) in [6.45, 7) is 19.0. The predicted octanol–water partition coefficient (Wildman–Crippen LogP) is 6.58. The zero-order valence-corrected chi connectivity index (χ0v) is 26.5. The first-order valence-corrected chi connectivity index (χ1v) is 15.1. The molecule has 0 aliphatic heterocycles. The molecule has 226 valence electrons. The van der Waals surface area contributed by atoms with Crippen LogP contribution in [0.4, 0.5) is 0 Å². The van der Waals surface area contributed by atoms with Gasteiger partial charge in [0.15, 0.2) is 0 Å². The number of carbonyl (C=O) groups excluding carboxylic acids is 2. The Morgan fingerprint density at radius 3 is 1.43 bits per heavy atom. The van der Waals surface area contributed by atoms with Gasteiger partial charge >= 0.3 is 11.9 Å². The maximum atomic E-state index is 13.7. The first-order valence-electron chi connectivity index (χ1n) is 15.1. The number of ether oxygens (including phenoxy) is 2. The largest absolute Gasteiger partial charge is 0.462 e. The molecule has 0 saturated heterocycles. The van der Waals surface area contributed by atoms with Gasteiger partial charge in [0.05, 0.1) is 24.3 Å². The van der Waals surface area contributed by atoms with Gasteiger partial charge in [0.25, 0.3) is 0 Å². The first-order chi connectivity index (χ1) is 19.0. The Kier molecular flexibility index (Phi) is 17.6. The minimum Gasteiger partial charge on any atom is -0.462 e. The maximum absolute atomic E-state index is 13.7. The summed E-state index contributed by atoms with van der Waals surface area (Å²) in [5, 5.41) is 0. The van der Waals surface area contributed by atoms with Crippen molar-refractivity contribution in [1.82, 2.24) is 14.4 Å². The van der Waals surface area contributed by atoms with Crippen LogP contribution in [-0.4, -0.2) is 78.8 Å². The summed E-state index contributed by atoms with van der Waals surface area (Å²) >= 11 is 0. The molecule has 0 N–H and O–H groups in total. The molecular formula is C32H52ClN3O4. The van der Waals surface area contributed by atoms with Crippen molar-refractivity contribution in [2.75, 3.05) is 52.5 Å². The number of para-hydroxylation sites is 1. The van der Waals surface area contributed by atoms with Crippen molar-refractivity contribution in [1.29, 1.82) is 0 Å². The molecule has 2 aromatic rings. The van der Waals surface area contributed by atoms with E-state index >= 15 is 0 Å². The summed E-state index contributed by atoms with van der Waals surface area (Å²) in [6.07, 6.45) is 4.49. The van der Waals surface area contributed by atoms with Crippen molar-refractivity contribution < 1.29 is 19.1 Å². The molecule has 0 aliphatic carbocycles. The zero-order chi connectivity index (χ0) is 28.6. The number of esters is 2. The van der Waals surface area contributed by atoms with Gasteiger partial charge in [0.2, 0.25) is 0 Å². The number of nitrogens with zero attached hydrogens (tertiary/aromatic N) is 3. The predicted molar refractivity (Wildman–Crippen MR) is 166 cm³/mol. The van der Waals surface area contributed by atoms with E-state index in [0.29, 0.717) is 37.2 Å². The van der Waals surface area contributed by atoms with Gasteiger partial charge in [0.1, 0.15) is 0 Å². The van der Waals surface area contributed by atoms with E-state index < -0.39 is 11.9 Å². The van der Waals surface area contributed by atoms with Crippen LogP contribution in [0.5, 0.6) is 0 Å². The van der Waals surface area contributed by atoms with E-state index in [9.17, 15) is 9.59 Å². The summed E-state index contributed by atoms with van der Waals surface area (Å²) in [7, 11) is 0. The highest BCUT2D eigenvalue weighted by molar-refractivity contribution is 6.05. The number of aromatic nitrogens is 1. The van der Waals surface area contributed by atoms with Crippen LogP contribution in [0.15, 0.2) is 30.3 Å². The molecular weight excluding hydrogens is 526 g/mol. The van der Waals surface area contributed by atoms with Gasteiger partial charge in [-0.3, -0.25) is 0 Å². The lowest BCUT2D eigenvalue weighted by Gasteiger charge is -2.18. The number of halogens is 1. The van der Waals surface area contributed by atoms with Crippen molar-refractivity contribution >= 4 is 24.3 Å². The molecule has 40 heavy (non-hydrogen) atoms. The van der Waals surface area contributed by atoms with Crippen LogP contribution in [0.2, 0.25) is 0 Å². The normalized spacial score (nSPS) is 11.1. The van der Waals surface area contributed by atoms with Crippen LogP contribution in [0, 0.1) is 0 Å². The standard InChI is InChI=1S/C32H51N3O4.ClH/c1-7-18-27-29(31(36)38-24-16-22-33(9-3)10-4)30(32(37)39-25-17-23-34(11-5)12-6)28(19-8-2)35(27)26-20-14-13-15-21-26;/h13-15,20-21H,7-12,16-19,22-25H2,1-6H3;1H. The quantitative estimate of drug-likeness (QED) is 0.139. The second-order valence-corrected chi connectivity index (χ2v) is 9.85. The molecule has 0 bridgehead atoms. The Morgan fingerprint density at radius 2 is 1.07 bits per heavy atom. The number of hydrogen-bond acceptors (Lipinski definition) is 6. The van der Waals surface area contributed by atoms with Crippen LogP contribution >= 0.6 is 12.4 Å². The highest BCUT2D eigenvalue weighted by Gasteiger charge is 2.33. The third kappa shape index (κ3) is 9.93. The van der Waals surface area contributed by atoms with Crippen molar-refractivity contribution in [2.24, 2.45) is 0 Å². The molecule has 0 fully saturated rings. The molecule has 1 aromatic heterocycles. The van der Waals surface area contributed by atoms with Crippen molar-refractivity contribution in [3.8, 4) is 5.69 Å². The molecule has 0 atom stereocenters. The molecule has 0 aliphatic rings. The molecule has 7 nitrogen and oxygen atoms in total. The van der Waals surface area contributed by atoms with Gasteiger partial charge in [-0.2, -0.15) is 0 Å². The number of hydrogen-bond donors (Lipinski definition) is 0. The minimum atomic E-state index is -0.430. The fraction of sp³-hybridized carbons (Fsp3) is 0.625. The van der Waals surface area contributed by atoms with Crippen LogP contribution in [0.3, 0.4) is 0 Å². The monoisotopic (exact) mass is 577 g/mol. The Morgan fingerprint density at radius 1 is 0.675 bits per heavy atom. The zero-order valence-electron chi connectivity index (χ0n) is 25.7. The number of rotatable bonds is 19. The van der Waals surface area contributed by atoms with Gasteiger partial charge in [-0.1, -0.05) is 72.6 Å². The lowest BCUT2D eigenvalue weighted by Crippen LogP contribution is -2.25. The summed E-state index contributed by atoms with van der Waals surface area (Å²) in [5.41, 5.74) is 3.36. The fourth-order valence-electron chi connectivity index (χ4n) is 5.08. The third-order valence-electron chi connectivity index (χ3n) is 7.26. The van der Waals surface area contributed by atoms with E-state index in [2.05, 4.69) is 55.9 Å². The topological polar surface area (TPSA) is 64.0 Å². The summed E-state index contributed by atoms with van der Waals surface area (Å²) in [6, 6.07) is 9.99. The molecule has 8 heteroatoms. The van der Waals surface area contributed by atoms with Crippen LogP contribution in [0.1, 0.15) is 99.3 Å². The van der Waals surface area contributed by atoms with Gasteiger partial charge in [-0.05, 0) is 64.0 Å². The highest BCUT2D eigenvalue weighted by atomic mass is 35.5. The van der Waals surface area contributed by atoms with Gasteiger partial charge < -0.3 is 23.8 Å². The van der Waals surface area contributed by atoms with E-state index in [4.69, 9.17) is 9.47 Å². The molecule has 1 heterocycles. The third-order valence-corrected chi connectivity index (χ3v) is 7.26. The van der Waals surface area contributed by atoms with E-state index in [-0.39, 0.29) is 12.4 Å². The molecule has 0 unspecified atom stereocenters. The molecule has 2 rings (SSSR count). The van der Waals surface area contributed by atoms with Crippen molar-refractivity contribution in [3.05, 3.63) is 52.8 Å². The average molecular weight is 578 g/mol. The second kappa shape index (κ2) is 19.7. The van der Waals surface area contributed by atoms with Gasteiger partial charge in [0, 0.05) is 30.2 Å². The number of benzene rings is 1. The van der Waals surface area contributed by atoms with Crippen LogP contribution in [0.25, 0.3) is 5.69 Å². The Hall–Kier alpha value is -2.35. The van der Waals surface area contributed by atoms with Crippen molar-refractivity contribution in [2.45, 2.75) is 80.1 Å². The molecule has 1 aromatic carbocycles. The maximum Gasteiger partial charge on any atom is 0.340 e. The van der Waals surface area contributed by atoms with Gasteiger partial charge in [-0.15, -0.1) is 12.4 Å². The first kappa shape index (κ1) is 35.7. The Labute approximate surface area is 248 Å². The summed E-state index contributed by atoms with van der Waals surface area (Å²) in [4.78, 5) is 32.0. The summed E-state index contributed by atoms with van der Waals surface area (Å²) < 4.78 is 13.7. The van der Waals surface area contributed by atoms with Gasteiger partial charge in [-0.25, -0.2) is 9.59 Å². The Bertz CT molecular complexity index is 942. The van der Waals surface area contributed by atoms with E-state index in [0.717, 1.165) is 82.0 Å². The summed E-state index contributed by atoms with van der Waals surface area (Å²) in [5.74, 6) is -0.861. The SMILES string of the molecule is CCCc1c(C(=O)OCCCN(CC)CC)c(C(=O)OCCCN(CC)CC)c(CCC)n1-c1ccccc1.Cl. The lowest BCUT2D eigenvalue weighted by atomic mass is 10.0. The fourth-order valence-corrected chi connectivity index (χ4v) is 5.08. The van der Waals surface area contributed by atoms with Crippen molar-refractivity contribution in [3.63, 3.8) is 0 Å². The minimum absolute atomic E-state index is 0. The highest BCUT2D eigenvalue weighted by Crippen LogP contribution is 2.31. The molecule has 0 spiro atoms. The lowest BCUT2D eigenvalue weighted by molar-refractivity contribution is 0.0442. The van der Waals surface area contributed by atoms with E-state index in [1.165, 1.54) is 0 Å². The molecule has 0 amide bonds. The molecule has 0 saturated carbocycles. The van der Waals surface area contributed by atoms with E-state index in [1.54, 1.807) is 0 Å². The van der Waals surface area contributed by atoms with Crippen LogP contribution < -0.4 is 0 Å². The second-order valence-electron chi connectivity index (χ2n) is 9.85. The molecule has 0 radical (unpaired) electrons. The van der Waals surface area contributed by atoms with E-state index in [1.807, 2.05) is 30.3 Å². The smallest absolute Gasteiger partial charge is 0.340 e. The number of carbonyl (C=O) groups is 2. The Balaban J connectivity index is 0.00000800.